The van der Waals surface area contributed by atoms with Gasteiger partial charge in [0.15, 0.2) is 0 Å². The van der Waals surface area contributed by atoms with Crippen LogP contribution < -0.4 is 0 Å². The molecule has 1 aliphatic heterocycles. The fourth-order valence-electron chi connectivity index (χ4n) is 4.94. The lowest BCUT2D eigenvalue weighted by Crippen LogP contribution is -2.39. The highest BCUT2D eigenvalue weighted by atomic mass is 15.2. The van der Waals surface area contributed by atoms with E-state index in [2.05, 4.69) is 18.7 Å². The minimum Gasteiger partial charge on any atom is -0.300 e. The van der Waals surface area contributed by atoms with Gasteiger partial charge in [-0.15, -0.1) is 0 Å². The predicted molar refractivity (Wildman–Crippen MR) is 73.0 cm³/mol. The maximum absolute atomic E-state index is 2.88. The van der Waals surface area contributed by atoms with Gasteiger partial charge in [0, 0.05) is 19.1 Å². The first-order valence-electron chi connectivity index (χ1n) is 7.96. The molecule has 0 radical (unpaired) electrons. The van der Waals surface area contributed by atoms with Crippen molar-refractivity contribution in [2.45, 2.75) is 64.8 Å². The third-order valence-electron chi connectivity index (χ3n) is 5.67. The van der Waals surface area contributed by atoms with Gasteiger partial charge in [0.05, 0.1) is 0 Å². The lowest BCUT2D eigenvalue weighted by Gasteiger charge is -2.37. The summed E-state index contributed by atoms with van der Waals surface area (Å²) < 4.78 is 0. The van der Waals surface area contributed by atoms with Crippen LogP contribution in [0.3, 0.4) is 0 Å². The van der Waals surface area contributed by atoms with Gasteiger partial charge < -0.3 is 0 Å². The molecular weight excluding hydrogens is 206 g/mol. The van der Waals surface area contributed by atoms with Crippen LogP contribution in [0, 0.1) is 23.7 Å². The highest BCUT2D eigenvalue weighted by Crippen LogP contribution is 2.40. The van der Waals surface area contributed by atoms with Gasteiger partial charge in [-0.05, 0) is 55.8 Å². The molecule has 3 fully saturated rings. The van der Waals surface area contributed by atoms with Crippen LogP contribution in [-0.4, -0.2) is 24.0 Å². The zero-order valence-electron chi connectivity index (χ0n) is 11.7. The topological polar surface area (TPSA) is 3.24 Å². The highest BCUT2D eigenvalue weighted by molar-refractivity contribution is 4.92. The average Bonchev–Trinajstić information content (AvgIpc) is 2.71. The van der Waals surface area contributed by atoms with Crippen molar-refractivity contribution in [1.29, 1.82) is 0 Å². The van der Waals surface area contributed by atoms with Gasteiger partial charge in [-0.25, -0.2) is 0 Å². The molecule has 1 saturated heterocycles. The monoisotopic (exact) mass is 235 g/mol. The second-order valence-corrected chi connectivity index (χ2v) is 7.33. The Labute approximate surface area is 107 Å². The first-order chi connectivity index (χ1) is 8.22. The van der Waals surface area contributed by atoms with E-state index < -0.39 is 0 Å². The number of nitrogens with zero attached hydrogens (tertiary/aromatic N) is 1. The number of likely N-dealkylation sites (tertiary alicyclic amines) is 1. The maximum atomic E-state index is 2.88. The fraction of sp³-hybridized carbons (Fsp3) is 1.00. The summed E-state index contributed by atoms with van der Waals surface area (Å²) >= 11 is 0. The van der Waals surface area contributed by atoms with Crippen LogP contribution >= 0.6 is 0 Å². The summed E-state index contributed by atoms with van der Waals surface area (Å²) in [5.74, 6) is 4.06. The zero-order valence-corrected chi connectivity index (χ0v) is 11.7. The van der Waals surface area contributed by atoms with Crippen molar-refractivity contribution in [3.63, 3.8) is 0 Å². The lowest BCUT2D eigenvalue weighted by molar-refractivity contribution is 0.127. The van der Waals surface area contributed by atoms with E-state index in [0.717, 1.165) is 29.7 Å². The third kappa shape index (κ3) is 2.54. The molecule has 0 spiro atoms. The van der Waals surface area contributed by atoms with Gasteiger partial charge in [-0.3, -0.25) is 4.90 Å². The molecule has 3 aliphatic rings. The van der Waals surface area contributed by atoms with E-state index in [-0.39, 0.29) is 0 Å². The lowest BCUT2D eigenvalue weighted by atomic mass is 9.80. The van der Waals surface area contributed by atoms with Gasteiger partial charge >= 0.3 is 0 Å². The second-order valence-electron chi connectivity index (χ2n) is 7.33. The Morgan fingerprint density at radius 3 is 1.82 bits per heavy atom. The Morgan fingerprint density at radius 1 is 0.765 bits per heavy atom. The van der Waals surface area contributed by atoms with Crippen LogP contribution in [0.15, 0.2) is 0 Å². The standard InChI is InChI=1S/C16H29N/c1-12-7-13(2)9-16(8-12)17-10-14-5-3-4-6-15(14)11-17/h12-16H,3-11H2,1-2H3. The van der Waals surface area contributed by atoms with E-state index in [0.29, 0.717) is 0 Å². The molecule has 4 unspecified atom stereocenters. The Balaban J connectivity index is 1.61. The molecule has 1 nitrogen and oxygen atoms in total. The second kappa shape index (κ2) is 4.91. The van der Waals surface area contributed by atoms with E-state index in [1.54, 1.807) is 0 Å². The molecule has 98 valence electrons. The number of rotatable bonds is 1. The van der Waals surface area contributed by atoms with Gasteiger partial charge in [0.25, 0.3) is 0 Å². The Bertz CT molecular complexity index is 238. The minimum absolute atomic E-state index is 0.930. The van der Waals surface area contributed by atoms with Crippen LogP contribution in [0.4, 0.5) is 0 Å². The molecule has 17 heavy (non-hydrogen) atoms. The van der Waals surface area contributed by atoms with Gasteiger partial charge in [-0.1, -0.05) is 26.7 Å². The Hall–Kier alpha value is -0.0400. The molecule has 4 atom stereocenters. The van der Waals surface area contributed by atoms with Crippen molar-refractivity contribution >= 4 is 0 Å². The van der Waals surface area contributed by atoms with Crippen molar-refractivity contribution in [2.24, 2.45) is 23.7 Å². The first-order valence-corrected chi connectivity index (χ1v) is 7.96. The molecule has 0 N–H and O–H groups in total. The van der Waals surface area contributed by atoms with E-state index in [9.17, 15) is 0 Å². The van der Waals surface area contributed by atoms with Crippen LogP contribution in [0.1, 0.15) is 58.8 Å². The van der Waals surface area contributed by atoms with E-state index in [1.165, 1.54) is 58.0 Å². The van der Waals surface area contributed by atoms with Crippen molar-refractivity contribution < 1.29 is 0 Å². The molecular formula is C16H29N. The quantitative estimate of drug-likeness (QED) is 0.665. The number of hydrogen-bond donors (Lipinski definition) is 0. The fourth-order valence-corrected chi connectivity index (χ4v) is 4.94. The highest BCUT2D eigenvalue weighted by Gasteiger charge is 2.38. The summed E-state index contributed by atoms with van der Waals surface area (Å²) in [5.41, 5.74) is 0. The molecule has 3 rings (SSSR count). The molecule has 0 aromatic rings. The number of hydrogen-bond acceptors (Lipinski definition) is 1. The summed E-state index contributed by atoms with van der Waals surface area (Å²) in [6.07, 6.45) is 10.5. The van der Waals surface area contributed by atoms with Crippen LogP contribution in [-0.2, 0) is 0 Å². The Morgan fingerprint density at radius 2 is 1.29 bits per heavy atom. The molecule has 0 bridgehead atoms. The molecule has 2 aliphatic carbocycles. The summed E-state index contributed by atoms with van der Waals surface area (Å²) in [6.45, 7) is 7.81. The maximum Gasteiger partial charge on any atom is 0.0101 e. The van der Waals surface area contributed by atoms with Crippen molar-refractivity contribution in [3.05, 3.63) is 0 Å². The van der Waals surface area contributed by atoms with Crippen molar-refractivity contribution in [2.75, 3.05) is 13.1 Å². The molecule has 1 heteroatoms. The zero-order chi connectivity index (χ0) is 11.8. The van der Waals surface area contributed by atoms with E-state index >= 15 is 0 Å². The molecule has 0 aromatic carbocycles. The summed E-state index contributed by atoms with van der Waals surface area (Å²) in [4.78, 5) is 2.88. The van der Waals surface area contributed by atoms with Crippen LogP contribution in [0.25, 0.3) is 0 Å². The summed E-state index contributed by atoms with van der Waals surface area (Å²) in [5, 5.41) is 0. The van der Waals surface area contributed by atoms with Crippen LogP contribution in [0.5, 0.6) is 0 Å². The van der Waals surface area contributed by atoms with E-state index in [1.807, 2.05) is 0 Å². The van der Waals surface area contributed by atoms with Gasteiger partial charge in [0.2, 0.25) is 0 Å². The SMILES string of the molecule is CC1CC(C)CC(N2CC3CCCCC3C2)C1. The normalized spacial score (nSPS) is 48.0. The summed E-state index contributed by atoms with van der Waals surface area (Å²) in [6, 6.07) is 0.930. The predicted octanol–water partition coefficient (Wildman–Crippen LogP) is 3.93. The average molecular weight is 235 g/mol. The largest absolute Gasteiger partial charge is 0.300 e. The molecule has 0 amide bonds. The smallest absolute Gasteiger partial charge is 0.0101 e. The van der Waals surface area contributed by atoms with Crippen LogP contribution in [0.2, 0.25) is 0 Å². The minimum atomic E-state index is 0.930. The van der Waals surface area contributed by atoms with E-state index in [4.69, 9.17) is 0 Å². The summed E-state index contributed by atoms with van der Waals surface area (Å²) in [7, 11) is 0. The van der Waals surface area contributed by atoms with Gasteiger partial charge in [0.1, 0.15) is 0 Å². The third-order valence-corrected chi connectivity index (χ3v) is 5.67. The molecule has 0 aromatic heterocycles. The first kappa shape index (κ1) is 12.0. The Kier molecular flexibility index (Phi) is 3.47. The number of fused-ring (bicyclic) bond motifs is 1. The molecule has 2 saturated carbocycles. The molecule has 1 heterocycles. The van der Waals surface area contributed by atoms with Crippen molar-refractivity contribution in [1.82, 2.24) is 4.90 Å². The van der Waals surface area contributed by atoms with Gasteiger partial charge in [-0.2, -0.15) is 0 Å². The van der Waals surface area contributed by atoms with Crippen molar-refractivity contribution in [3.8, 4) is 0 Å².